The molecular weight excluding hydrogens is 387 g/mol. The number of fused-ring (bicyclic) bond motifs is 1. The van der Waals surface area contributed by atoms with Crippen LogP contribution in [0.15, 0.2) is 22.6 Å². The molecule has 3 aromatic heterocycles. The summed E-state index contributed by atoms with van der Waals surface area (Å²) in [6, 6.07) is 5.61. The Kier molecular flexibility index (Phi) is 4.18. The quantitative estimate of drug-likeness (QED) is 0.504. The van der Waals surface area contributed by atoms with Gasteiger partial charge in [0.25, 0.3) is 5.82 Å². The molecular formula is C19H18F3N5O2. The number of oxazole rings is 1. The Morgan fingerprint density at radius 2 is 1.79 bits per heavy atom. The van der Waals surface area contributed by atoms with Crippen molar-refractivity contribution >= 4 is 5.71 Å². The molecule has 0 aliphatic rings. The van der Waals surface area contributed by atoms with Gasteiger partial charge in [0.2, 0.25) is 5.71 Å². The maximum absolute atomic E-state index is 13.0. The third kappa shape index (κ3) is 2.95. The number of halogens is 3. The van der Waals surface area contributed by atoms with Crippen molar-refractivity contribution < 1.29 is 22.3 Å². The second kappa shape index (κ2) is 6.36. The first kappa shape index (κ1) is 19.0. The van der Waals surface area contributed by atoms with Crippen LogP contribution >= 0.6 is 0 Å². The molecule has 0 bridgehead atoms. The Bertz CT molecular complexity index is 1230. The van der Waals surface area contributed by atoms with Crippen LogP contribution in [-0.2, 0) is 6.18 Å². The standard InChI is InChI=1S/C19H18F3N5O2/c1-9-8-13(28-5)6-7-14(9)16-11(3)29-17-15(10(2)24-27(16)17)26-12(4)23-18(25-26)19(20,21)22/h6-8H,1-5H3. The van der Waals surface area contributed by atoms with Gasteiger partial charge in [-0.1, -0.05) is 0 Å². The fraction of sp³-hybridized carbons (Fsp3) is 0.316. The predicted molar refractivity (Wildman–Crippen MR) is 98.3 cm³/mol. The number of benzene rings is 1. The van der Waals surface area contributed by atoms with E-state index in [0.717, 1.165) is 21.6 Å². The monoisotopic (exact) mass is 405 g/mol. The van der Waals surface area contributed by atoms with E-state index in [4.69, 9.17) is 9.15 Å². The zero-order valence-corrected chi connectivity index (χ0v) is 16.4. The van der Waals surface area contributed by atoms with Crippen LogP contribution in [0, 0.1) is 27.7 Å². The van der Waals surface area contributed by atoms with Crippen molar-refractivity contribution in [2.24, 2.45) is 0 Å². The molecule has 0 aliphatic carbocycles. The van der Waals surface area contributed by atoms with E-state index >= 15 is 0 Å². The number of hydrogen-bond donors (Lipinski definition) is 0. The van der Waals surface area contributed by atoms with Gasteiger partial charge in [-0.2, -0.15) is 22.8 Å². The fourth-order valence-corrected chi connectivity index (χ4v) is 3.38. The summed E-state index contributed by atoms with van der Waals surface area (Å²) >= 11 is 0. The number of methoxy groups -OCH3 is 1. The van der Waals surface area contributed by atoms with E-state index in [1.807, 2.05) is 25.1 Å². The second-order valence-electron chi connectivity index (χ2n) is 6.73. The SMILES string of the molecule is COc1ccc(-c2c(C)oc3c(-n4nc(C(F)(F)F)nc4C)c(C)nn23)c(C)c1. The Balaban J connectivity index is 1.94. The zero-order chi connectivity index (χ0) is 21.1. The maximum atomic E-state index is 13.0. The minimum absolute atomic E-state index is 0.0894. The first-order valence-corrected chi connectivity index (χ1v) is 8.76. The summed E-state index contributed by atoms with van der Waals surface area (Å²) in [5.74, 6) is 0.185. The van der Waals surface area contributed by atoms with Gasteiger partial charge in [-0.3, -0.25) is 0 Å². The Labute approximate surface area is 163 Å². The van der Waals surface area contributed by atoms with E-state index in [1.54, 1.807) is 25.5 Å². The minimum atomic E-state index is -4.64. The number of rotatable bonds is 3. The highest BCUT2D eigenvalue weighted by molar-refractivity contribution is 5.72. The van der Waals surface area contributed by atoms with Gasteiger partial charge in [0, 0.05) is 5.56 Å². The first-order valence-electron chi connectivity index (χ1n) is 8.76. The lowest BCUT2D eigenvalue weighted by Crippen LogP contribution is -2.08. The van der Waals surface area contributed by atoms with Crippen molar-refractivity contribution in [1.29, 1.82) is 0 Å². The smallest absolute Gasteiger partial charge is 0.453 e. The van der Waals surface area contributed by atoms with Gasteiger partial charge in [-0.15, -0.1) is 5.10 Å². The normalized spacial score (nSPS) is 12.1. The molecule has 0 saturated carbocycles. The van der Waals surface area contributed by atoms with E-state index in [2.05, 4.69) is 15.2 Å². The number of alkyl halides is 3. The zero-order valence-electron chi connectivity index (χ0n) is 16.4. The van der Waals surface area contributed by atoms with Gasteiger partial charge in [-0.25, -0.2) is 9.67 Å². The molecule has 29 heavy (non-hydrogen) atoms. The topological polar surface area (TPSA) is 70.4 Å². The minimum Gasteiger partial charge on any atom is -0.497 e. The van der Waals surface area contributed by atoms with Gasteiger partial charge >= 0.3 is 6.18 Å². The predicted octanol–water partition coefficient (Wildman–Crippen LogP) is 4.44. The Morgan fingerprint density at radius 1 is 1.07 bits per heavy atom. The molecule has 152 valence electrons. The van der Waals surface area contributed by atoms with Crippen molar-refractivity contribution in [3.05, 3.63) is 46.9 Å². The molecule has 4 rings (SSSR count). The lowest BCUT2D eigenvalue weighted by Gasteiger charge is -2.07. The number of nitrogens with zero attached hydrogens (tertiary/aromatic N) is 5. The maximum Gasteiger partial charge on any atom is 0.453 e. The lowest BCUT2D eigenvalue weighted by atomic mass is 10.0. The fourth-order valence-electron chi connectivity index (χ4n) is 3.38. The first-order chi connectivity index (χ1) is 13.6. The summed E-state index contributed by atoms with van der Waals surface area (Å²) in [7, 11) is 1.59. The van der Waals surface area contributed by atoms with Crippen LogP contribution in [0.3, 0.4) is 0 Å². The number of aromatic nitrogens is 5. The van der Waals surface area contributed by atoms with Crippen molar-refractivity contribution in [3.8, 4) is 22.7 Å². The number of aryl methyl sites for hydroxylation is 4. The number of ether oxygens (including phenoxy) is 1. The molecule has 0 radical (unpaired) electrons. The van der Waals surface area contributed by atoms with Crippen LogP contribution in [-0.4, -0.2) is 31.5 Å². The van der Waals surface area contributed by atoms with Crippen LogP contribution < -0.4 is 4.74 Å². The molecule has 0 spiro atoms. The van der Waals surface area contributed by atoms with Crippen LogP contribution in [0.1, 0.15) is 28.7 Å². The molecule has 4 aromatic rings. The molecule has 7 nitrogen and oxygen atoms in total. The van der Waals surface area contributed by atoms with Gasteiger partial charge in [-0.05, 0) is 51.5 Å². The molecule has 0 saturated heterocycles. The van der Waals surface area contributed by atoms with Crippen molar-refractivity contribution in [2.75, 3.05) is 7.11 Å². The summed E-state index contributed by atoms with van der Waals surface area (Å²) in [6.07, 6.45) is -4.64. The summed E-state index contributed by atoms with van der Waals surface area (Å²) in [5.41, 5.74) is 3.63. The largest absolute Gasteiger partial charge is 0.497 e. The van der Waals surface area contributed by atoms with E-state index < -0.39 is 12.0 Å². The van der Waals surface area contributed by atoms with Crippen molar-refractivity contribution in [1.82, 2.24) is 24.4 Å². The molecule has 0 atom stereocenters. The molecule has 0 unspecified atom stereocenters. The number of hydrogen-bond acceptors (Lipinski definition) is 5. The highest BCUT2D eigenvalue weighted by atomic mass is 19.4. The van der Waals surface area contributed by atoms with Gasteiger partial charge in [0.1, 0.15) is 23.0 Å². The highest BCUT2D eigenvalue weighted by Gasteiger charge is 2.37. The van der Waals surface area contributed by atoms with E-state index in [9.17, 15) is 13.2 Å². The summed E-state index contributed by atoms with van der Waals surface area (Å²) in [5, 5.41) is 8.14. The third-order valence-corrected chi connectivity index (χ3v) is 4.71. The Hall–Kier alpha value is -3.30. The lowest BCUT2D eigenvalue weighted by molar-refractivity contribution is -0.144. The molecule has 10 heteroatoms. The second-order valence-corrected chi connectivity index (χ2v) is 6.73. The third-order valence-electron chi connectivity index (χ3n) is 4.71. The van der Waals surface area contributed by atoms with Crippen LogP contribution in [0.4, 0.5) is 13.2 Å². The summed E-state index contributed by atoms with van der Waals surface area (Å²) < 4.78 is 53.0. The Morgan fingerprint density at radius 3 is 2.38 bits per heavy atom. The molecule has 0 fully saturated rings. The average Bonchev–Trinajstić information content (AvgIpc) is 3.26. The van der Waals surface area contributed by atoms with Crippen molar-refractivity contribution in [2.45, 2.75) is 33.9 Å². The van der Waals surface area contributed by atoms with E-state index in [1.165, 1.54) is 6.92 Å². The summed E-state index contributed by atoms with van der Waals surface area (Å²) in [4.78, 5) is 3.54. The van der Waals surface area contributed by atoms with Crippen LogP contribution in [0.5, 0.6) is 5.75 Å². The van der Waals surface area contributed by atoms with Gasteiger partial charge in [0.15, 0.2) is 5.69 Å². The summed E-state index contributed by atoms with van der Waals surface area (Å²) in [6.45, 7) is 6.86. The molecule has 0 aliphatic heterocycles. The highest BCUT2D eigenvalue weighted by Crippen LogP contribution is 2.35. The van der Waals surface area contributed by atoms with Gasteiger partial charge < -0.3 is 9.15 Å². The van der Waals surface area contributed by atoms with Gasteiger partial charge in [0.05, 0.1) is 12.8 Å². The van der Waals surface area contributed by atoms with Crippen LogP contribution in [0.2, 0.25) is 0 Å². The average molecular weight is 405 g/mol. The molecule has 0 amide bonds. The molecule has 1 aromatic carbocycles. The van der Waals surface area contributed by atoms with E-state index in [-0.39, 0.29) is 5.82 Å². The molecule has 0 N–H and O–H groups in total. The van der Waals surface area contributed by atoms with Crippen LogP contribution in [0.25, 0.3) is 22.7 Å². The van der Waals surface area contributed by atoms with E-state index in [0.29, 0.717) is 28.5 Å². The van der Waals surface area contributed by atoms with Crippen molar-refractivity contribution in [3.63, 3.8) is 0 Å². The molecule has 3 heterocycles.